The van der Waals surface area contributed by atoms with Crippen LogP contribution in [0, 0.1) is 0 Å². The van der Waals surface area contributed by atoms with Gasteiger partial charge in [0.2, 0.25) is 0 Å². The Hall–Kier alpha value is -8.20. The van der Waals surface area contributed by atoms with E-state index in [-0.39, 0.29) is 0 Å². The Labute approximate surface area is 362 Å². The summed E-state index contributed by atoms with van der Waals surface area (Å²) < 4.78 is 2.47. The zero-order valence-corrected chi connectivity index (χ0v) is 34.1. The highest BCUT2D eigenvalue weighted by Gasteiger charge is 2.18. The van der Waals surface area contributed by atoms with Crippen molar-refractivity contribution in [3.8, 4) is 61.3 Å². The van der Waals surface area contributed by atoms with Crippen LogP contribution in [0.5, 0.6) is 0 Å². The molecule has 11 aromatic rings. The van der Waals surface area contributed by atoms with Crippen molar-refractivity contribution in [3.63, 3.8) is 0 Å². The van der Waals surface area contributed by atoms with Gasteiger partial charge in [-0.2, -0.15) is 0 Å². The summed E-state index contributed by atoms with van der Waals surface area (Å²) in [5.41, 5.74) is 18.8. The zero-order chi connectivity index (χ0) is 41.2. The maximum atomic E-state index is 2.47. The standard InChI is InChI=1S/C60H42N2/c1-5-15-43(16-6-1)47-29-35-53(36-30-47)61(52-21-11-4-12-22-52)54-37-31-48(32-38-54)46-25-27-49(28-26-46)55-23-13-14-24-58(55)62-59-41-50(44-17-7-2-8-18-44)33-39-56(59)57-40-34-51(42-60(57)62)45-19-9-3-10-20-45/h1-42H. The van der Waals surface area contributed by atoms with Crippen LogP contribution in [0.3, 0.4) is 0 Å². The first-order valence-electron chi connectivity index (χ1n) is 21.3. The van der Waals surface area contributed by atoms with Gasteiger partial charge in [0.1, 0.15) is 0 Å². The van der Waals surface area contributed by atoms with Gasteiger partial charge in [-0.25, -0.2) is 0 Å². The van der Waals surface area contributed by atoms with Crippen LogP contribution in [0.1, 0.15) is 0 Å². The number of fused-ring (bicyclic) bond motifs is 3. The van der Waals surface area contributed by atoms with Gasteiger partial charge in [-0.15, -0.1) is 0 Å². The topological polar surface area (TPSA) is 8.17 Å². The molecule has 0 saturated carbocycles. The van der Waals surface area contributed by atoms with Crippen LogP contribution in [0.25, 0.3) is 83.1 Å². The summed E-state index contributed by atoms with van der Waals surface area (Å²) in [6, 6.07) is 91.9. The van der Waals surface area contributed by atoms with E-state index < -0.39 is 0 Å². The molecule has 0 N–H and O–H groups in total. The molecule has 0 aliphatic rings. The number of benzene rings is 10. The van der Waals surface area contributed by atoms with Crippen LogP contribution in [0.2, 0.25) is 0 Å². The lowest BCUT2D eigenvalue weighted by molar-refractivity contribution is 1.18. The van der Waals surface area contributed by atoms with E-state index in [0.717, 1.165) is 22.7 Å². The van der Waals surface area contributed by atoms with Crippen molar-refractivity contribution in [1.29, 1.82) is 0 Å². The van der Waals surface area contributed by atoms with Gasteiger partial charge in [0.25, 0.3) is 0 Å². The Bertz CT molecular complexity index is 3180. The minimum absolute atomic E-state index is 1.11. The van der Waals surface area contributed by atoms with E-state index in [1.165, 1.54) is 77.4 Å². The number of para-hydroxylation sites is 2. The van der Waals surface area contributed by atoms with E-state index in [4.69, 9.17) is 0 Å². The molecular formula is C60H42N2. The Morgan fingerprint density at radius 3 is 1.03 bits per heavy atom. The molecule has 0 amide bonds. The SMILES string of the molecule is c1ccc(-c2ccc(N(c3ccccc3)c3ccc(-c4ccc(-c5ccccc5-n5c6cc(-c7ccccc7)ccc6c6ccc(-c7ccccc7)cc65)cc4)cc3)cc2)cc1. The number of rotatable bonds is 9. The lowest BCUT2D eigenvalue weighted by Crippen LogP contribution is -2.09. The number of hydrogen-bond donors (Lipinski definition) is 0. The molecule has 10 aromatic carbocycles. The highest BCUT2D eigenvalue weighted by atomic mass is 15.1. The fraction of sp³-hybridized carbons (Fsp3) is 0. The van der Waals surface area contributed by atoms with Gasteiger partial charge in [-0.05, 0) is 105 Å². The monoisotopic (exact) mass is 790 g/mol. The summed E-state index contributed by atoms with van der Waals surface area (Å²) >= 11 is 0. The van der Waals surface area contributed by atoms with Crippen molar-refractivity contribution in [3.05, 3.63) is 255 Å². The van der Waals surface area contributed by atoms with Gasteiger partial charge in [0.15, 0.2) is 0 Å². The number of anilines is 3. The maximum absolute atomic E-state index is 2.47. The van der Waals surface area contributed by atoms with Crippen molar-refractivity contribution in [2.75, 3.05) is 4.90 Å². The molecule has 0 aliphatic carbocycles. The van der Waals surface area contributed by atoms with Gasteiger partial charge in [0, 0.05) is 33.4 Å². The number of aromatic nitrogens is 1. The molecule has 2 heteroatoms. The molecule has 11 rings (SSSR count). The van der Waals surface area contributed by atoms with Crippen LogP contribution in [0.15, 0.2) is 255 Å². The second-order valence-electron chi connectivity index (χ2n) is 15.8. The van der Waals surface area contributed by atoms with Crippen molar-refractivity contribution >= 4 is 38.9 Å². The number of nitrogens with zero attached hydrogens (tertiary/aromatic N) is 2. The van der Waals surface area contributed by atoms with Crippen molar-refractivity contribution in [2.24, 2.45) is 0 Å². The largest absolute Gasteiger partial charge is 0.311 e. The maximum Gasteiger partial charge on any atom is 0.0547 e. The zero-order valence-electron chi connectivity index (χ0n) is 34.1. The minimum atomic E-state index is 1.11. The molecular weight excluding hydrogens is 749 g/mol. The molecule has 0 spiro atoms. The second kappa shape index (κ2) is 16.1. The summed E-state index contributed by atoms with van der Waals surface area (Å²) in [5, 5.41) is 2.48. The van der Waals surface area contributed by atoms with E-state index in [9.17, 15) is 0 Å². The average Bonchev–Trinajstić information content (AvgIpc) is 3.68. The average molecular weight is 791 g/mol. The fourth-order valence-corrected chi connectivity index (χ4v) is 8.91. The molecule has 62 heavy (non-hydrogen) atoms. The molecule has 0 atom stereocenters. The molecule has 0 fully saturated rings. The Kier molecular flexibility index (Phi) is 9.57. The van der Waals surface area contributed by atoms with Gasteiger partial charge in [0.05, 0.1) is 16.7 Å². The van der Waals surface area contributed by atoms with Crippen LogP contribution < -0.4 is 4.90 Å². The van der Waals surface area contributed by atoms with E-state index in [0.29, 0.717) is 0 Å². The van der Waals surface area contributed by atoms with Crippen molar-refractivity contribution < 1.29 is 0 Å². The molecule has 0 radical (unpaired) electrons. The summed E-state index contributed by atoms with van der Waals surface area (Å²) in [7, 11) is 0. The van der Waals surface area contributed by atoms with Crippen LogP contribution in [-0.2, 0) is 0 Å². The summed E-state index contributed by atoms with van der Waals surface area (Å²) in [6.07, 6.45) is 0. The molecule has 0 saturated heterocycles. The molecule has 0 aliphatic heterocycles. The van der Waals surface area contributed by atoms with E-state index in [1.54, 1.807) is 0 Å². The minimum Gasteiger partial charge on any atom is -0.311 e. The molecule has 292 valence electrons. The highest BCUT2D eigenvalue weighted by molar-refractivity contribution is 6.11. The Balaban J connectivity index is 0.959. The van der Waals surface area contributed by atoms with E-state index in [2.05, 4.69) is 264 Å². The first-order chi connectivity index (χ1) is 30.7. The quantitative estimate of drug-likeness (QED) is 0.141. The third-order valence-electron chi connectivity index (χ3n) is 12.0. The third-order valence-corrected chi connectivity index (χ3v) is 12.0. The normalized spacial score (nSPS) is 11.2. The third kappa shape index (κ3) is 6.94. The molecule has 1 heterocycles. The van der Waals surface area contributed by atoms with Crippen molar-refractivity contribution in [2.45, 2.75) is 0 Å². The molecule has 2 nitrogen and oxygen atoms in total. The second-order valence-corrected chi connectivity index (χ2v) is 15.8. The van der Waals surface area contributed by atoms with Crippen LogP contribution in [-0.4, -0.2) is 4.57 Å². The van der Waals surface area contributed by atoms with Gasteiger partial charge in [-0.1, -0.05) is 200 Å². The van der Waals surface area contributed by atoms with Crippen LogP contribution in [0.4, 0.5) is 17.1 Å². The first-order valence-corrected chi connectivity index (χ1v) is 21.3. The van der Waals surface area contributed by atoms with Gasteiger partial charge >= 0.3 is 0 Å². The van der Waals surface area contributed by atoms with Crippen LogP contribution >= 0.6 is 0 Å². The predicted octanol–water partition coefficient (Wildman–Crippen LogP) is 16.6. The number of hydrogen-bond acceptors (Lipinski definition) is 1. The fourth-order valence-electron chi connectivity index (χ4n) is 8.91. The summed E-state index contributed by atoms with van der Waals surface area (Å²) in [4.78, 5) is 2.32. The lowest BCUT2D eigenvalue weighted by Gasteiger charge is -2.26. The first kappa shape index (κ1) is 36.8. The summed E-state index contributed by atoms with van der Waals surface area (Å²) in [5.74, 6) is 0. The van der Waals surface area contributed by atoms with Gasteiger partial charge < -0.3 is 9.47 Å². The summed E-state index contributed by atoms with van der Waals surface area (Å²) in [6.45, 7) is 0. The van der Waals surface area contributed by atoms with Gasteiger partial charge in [-0.3, -0.25) is 0 Å². The predicted molar refractivity (Wildman–Crippen MR) is 263 cm³/mol. The molecule has 0 bridgehead atoms. The highest BCUT2D eigenvalue weighted by Crippen LogP contribution is 2.41. The Morgan fingerprint density at radius 2 is 0.565 bits per heavy atom. The lowest BCUT2D eigenvalue weighted by atomic mass is 9.98. The van der Waals surface area contributed by atoms with Crippen molar-refractivity contribution in [1.82, 2.24) is 4.57 Å². The van der Waals surface area contributed by atoms with E-state index >= 15 is 0 Å². The molecule has 1 aromatic heterocycles. The smallest absolute Gasteiger partial charge is 0.0547 e. The van der Waals surface area contributed by atoms with E-state index in [1.807, 2.05) is 0 Å². The molecule has 0 unspecified atom stereocenters. The Morgan fingerprint density at radius 1 is 0.242 bits per heavy atom.